The molecule has 0 radical (unpaired) electrons. The summed E-state index contributed by atoms with van der Waals surface area (Å²) in [4.78, 5) is 28.6. The van der Waals surface area contributed by atoms with Crippen molar-refractivity contribution in [2.45, 2.75) is 20.8 Å². The molecule has 23 heavy (non-hydrogen) atoms. The van der Waals surface area contributed by atoms with Gasteiger partial charge in [0.2, 0.25) is 0 Å². The molecule has 0 atom stereocenters. The summed E-state index contributed by atoms with van der Waals surface area (Å²) in [5, 5.41) is 6.99. The average molecular weight is 309 g/mol. The number of nitrogens with one attached hydrogen (secondary N) is 1. The molecule has 3 heterocycles. The van der Waals surface area contributed by atoms with Crippen molar-refractivity contribution >= 4 is 11.6 Å². The van der Waals surface area contributed by atoms with Crippen molar-refractivity contribution in [2.75, 3.05) is 5.32 Å². The number of hydrogen-bond acceptors (Lipinski definition) is 6. The van der Waals surface area contributed by atoms with E-state index in [0.29, 0.717) is 11.6 Å². The van der Waals surface area contributed by atoms with E-state index in [2.05, 4.69) is 30.4 Å². The highest BCUT2D eigenvalue weighted by Crippen LogP contribution is 2.10. The molecule has 8 nitrogen and oxygen atoms in total. The maximum Gasteiger partial charge on any atom is 0.275 e. The number of carbonyl (C=O) groups is 1. The fourth-order valence-corrected chi connectivity index (χ4v) is 2.03. The van der Waals surface area contributed by atoms with Gasteiger partial charge in [0.05, 0.1) is 35.7 Å². The number of anilines is 1. The lowest BCUT2D eigenvalue weighted by Gasteiger charge is -2.06. The van der Waals surface area contributed by atoms with Crippen LogP contribution in [0, 0.1) is 20.8 Å². The molecule has 3 rings (SSSR count). The molecule has 8 heteroatoms. The van der Waals surface area contributed by atoms with Crippen LogP contribution in [-0.4, -0.2) is 35.6 Å². The molecule has 0 saturated carbocycles. The highest BCUT2D eigenvalue weighted by atomic mass is 16.1. The van der Waals surface area contributed by atoms with Gasteiger partial charge in [0.15, 0.2) is 0 Å². The molecule has 0 aliphatic heterocycles. The number of aromatic nitrogens is 6. The summed E-state index contributed by atoms with van der Waals surface area (Å²) >= 11 is 0. The maximum absolute atomic E-state index is 12.1. The minimum absolute atomic E-state index is 0.234. The Labute approximate surface area is 132 Å². The normalized spacial score (nSPS) is 10.6. The Morgan fingerprint density at radius 3 is 2.26 bits per heavy atom. The van der Waals surface area contributed by atoms with Crippen molar-refractivity contribution in [1.29, 1.82) is 0 Å². The van der Waals surface area contributed by atoms with Crippen LogP contribution < -0.4 is 5.32 Å². The molecule has 0 aromatic carbocycles. The van der Waals surface area contributed by atoms with Gasteiger partial charge in [0.25, 0.3) is 11.9 Å². The van der Waals surface area contributed by atoms with E-state index < -0.39 is 0 Å². The lowest BCUT2D eigenvalue weighted by molar-refractivity contribution is 0.102. The molecular formula is C15H15N7O. The molecule has 0 unspecified atom stereocenters. The first kappa shape index (κ1) is 14.8. The number of rotatable bonds is 3. The third kappa shape index (κ3) is 3.20. The monoisotopic (exact) mass is 309 g/mol. The fraction of sp³-hybridized carbons (Fsp3) is 0.200. The van der Waals surface area contributed by atoms with E-state index in [1.807, 2.05) is 19.9 Å². The molecule has 116 valence electrons. The van der Waals surface area contributed by atoms with E-state index in [0.717, 1.165) is 17.1 Å². The van der Waals surface area contributed by atoms with Gasteiger partial charge in [-0.3, -0.25) is 9.78 Å². The predicted molar refractivity (Wildman–Crippen MR) is 83.4 cm³/mol. The lowest BCUT2D eigenvalue weighted by Crippen LogP contribution is -2.15. The van der Waals surface area contributed by atoms with E-state index in [-0.39, 0.29) is 11.6 Å². The summed E-state index contributed by atoms with van der Waals surface area (Å²) in [6, 6.07) is 1.94. The standard InChI is InChI=1S/C15H15N7O/c1-9-4-11(3)22(21-9)15-18-6-12(7-19-15)20-14(23)13-8-16-10(2)5-17-13/h4-8H,1-3H3,(H,20,23). The van der Waals surface area contributed by atoms with Crippen LogP contribution >= 0.6 is 0 Å². The molecule has 0 saturated heterocycles. The summed E-state index contributed by atoms with van der Waals surface area (Å²) in [7, 11) is 0. The van der Waals surface area contributed by atoms with Gasteiger partial charge in [-0.15, -0.1) is 0 Å². The van der Waals surface area contributed by atoms with E-state index in [4.69, 9.17) is 0 Å². The number of nitrogens with zero attached hydrogens (tertiary/aromatic N) is 6. The van der Waals surface area contributed by atoms with Crippen molar-refractivity contribution < 1.29 is 4.79 Å². The zero-order valence-corrected chi connectivity index (χ0v) is 13.0. The molecule has 0 fully saturated rings. The van der Waals surface area contributed by atoms with Gasteiger partial charge < -0.3 is 5.32 Å². The lowest BCUT2D eigenvalue weighted by atomic mass is 10.4. The first-order valence-corrected chi connectivity index (χ1v) is 6.98. The second-order valence-electron chi connectivity index (χ2n) is 5.11. The molecule has 0 aliphatic carbocycles. The van der Waals surface area contributed by atoms with Gasteiger partial charge in [-0.05, 0) is 26.8 Å². The smallest absolute Gasteiger partial charge is 0.275 e. The van der Waals surface area contributed by atoms with E-state index in [9.17, 15) is 4.79 Å². The zero-order valence-electron chi connectivity index (χ0n) is 13.0. The Morgan fingerprint density at radius 2 is 1.70 bits per heavy atom. The Hall–Kier alpha value is -3.16. The summed E-state index contributed by atoms with van der Waals surface area (Å²) in [6.07, 6.45) is 6.02. The zero-order chi connectivity index (χ0) is 16.4. The summed E-state index contributed by atoms with van der Waals surface area (Å²) in [5.74, 6) is 0.0868. The Kier molecular flexibility index (Phi) is 3.80. The highest BCUT2D eigenvalue weighted by Gasteiger charge is 2.10. The average Bonchev–Trinajstić information content (AvgIpc) is 2.87. The molecular weight excluding hydrogens is 294 g/mol. The van der Waals surface area contributed by atoms with E-state index >= 15 is 0 Å². The summed E-state index contributed by atoms with van der Waals surface area (Å²) in [6.45, 7) is 5.63. The van der Waals surface area contributed by atoms with Gasteiger partial charge in [-0.1, -0.05) is 0 Å². The molecule has 0 bridgehead atoms. The molecule has 3 aromatic rings. The second kappa shape index (κ2) is 5.91. The third-order valence-electron chi connectivity index (χ3n) is 3.11. The van der Waals surface area contributed by atoms with Crippen molar-refractivity contribution in [2.24, 2.45) is 0 Å². The Morgan fingerprint density at radius 1 is 0.957 bits per heavy atom. The number of carbonyl (C=O) groups excluding carboxylic acids is 1. The SMILES string of the molecule is Cc1cnc(C(=O)Nc2cnc(-n3nc(C)cc3C)nc2)cn1. The largest absolute Gasteiger partial charge is 0.318 e. The Bertz CT molecular complexity index is 837. The van der Waals surface area contributed by atoms with Crippen LogP contribution in [-0.2, 0) is 0 Å². The van der Waals surface area contributed by atoms with E-state index in [1.165, 1.54) is 24.8 Å². The second-order valence-corrected chi connectivity index (χ2v) is 5.11. The van der Waals surface area contributed by atoms with Crippen molar-refractivity contribution in [3.8, 4) is 5.95 Å². The maximum atomic E-state index is 12.1. The van der Waals surface area contributed by atoms with Crippen LogP contribution in [0.1, 0.15) is 27.6 Å². The van der Waals surface area contributed by atoms with Crippen molar-refractivity contribution in [1.82, 2.24) is 29.7 Å². The van der Waals surface area contributed by atoms with Crippen LogP contribution in [0.3, 0.4) is 0 Å². The molecule has 1 amide bonds. The first-order chi connectivity index (χ1) is 11.0. The molecule has 3 aromatic heterocycles. The number of aryl methyl sites for hydroxylation is 3. The minimum atomic E-state index is -0.361. The summed E-state index contributed by atoms with van der Waals surface area (Å²) < 4.78 is 1.65. The van der Waals surface area contributed by atoms with Crippen molar-refractivity contribution in [3.63, 3.8) is 0 Å². The van der Waals surface area contributed by atoms with Crippen LogP contribution in [0.4, 0.5) is 5.69 Å². The number of amides is 1. The van der Waals surface area contributed by atoms with Gasteiger partial charge in [-0.2, -0.15) is 5.10 Å². The third-order valence-corrected chi connectivity index (χ3v) is 3.11. The number of hydrogen-bond donors (Lipinski definition) is 1. The van der Waals surface area contributed by atoms with Gasteiger partial charge >= 0.3 is 0 Å². The van der Waals surface area contributed by atoms with Crippen LogP contribution in [0.2, 0.25) is 0 Å². The van der Waals surface area contributed by atoms with Crippen molar-refractivity contribution in [3.05, 3.63) is 53.6 Å². The van der Waals surface area contributed by atoms with Gasteiger partial charge in [-0.25, -0.2) is 19.6 Å². The molecule has 1 N–H and O–H groups in total. The van der Waals surface area contributed by atoms with E-state index in [1.54, 1.807) is 11.6 Å². The van der Waals surface area contributed by atoms with Crippen LogP contribution in [0.25, 0.3) is 5.95 Å². The highest BCUT2D eigenvalue weighted by molar-refractivity contribution is 6.02. The van der Waals surface area contributed by atoms with Gasteiger partial charge in [0, 0.05) is 11.9 Å². The van der Waals surface area contributed by atoms with Gasteiger partial charge in [0.1, 0.15) is 5.69 Å². The predicted octanol–water partition coefficient (Wildman–Crippen LogP) is 1.63. The topological polar surface area (TPSA) is 98.5 Å². The molecule has 0 aliphatic rings. The summed E-state index contributed by atoms with van der Waals surface area (Å²) in [5.41, 5.74) is 3.29. The Balaban J connectivity index is 1.76. The van der Waals surface area contributed by atoms with Crippen LogP contribution in [0.15, 0.2) is 30.9 Å². The minimum Gasteiger partial charge on any atom is -0.318 e. The fourth-order valence-electron chi connectivity index (χ4n) is 2.03. The molecule has 0 spiro atoms. The first-order valence-electron chi connectivity index (χ1n) is 6.98. The quantitative estimate of drug-likeness (QED) is 0.789. The van der Waals surface area contributed by atoms with Crippen LogP contribution in [0.5, 0.6) is 0 Å².